The van der Waals surface area contributed by atoms with Crippen LogP contribution in [-0.2, 0) is 29.1 Å². The van der Waals surface area contributed by atoms with E-state index in [4.69, 9.17) is 14.7 Å². The maximum absolute atomic E-state index is 9.09. The van der Waals surface area contributed by atoms with Crippen LogP contribution in [0, 0.1) is 11.3 Å². The molecule has 2 fully saturated rings. The summed E-state index contributed by atoms with van der Waals surface area (Å²) in [5.41, 5.74) is 3.95. The van der Waals surface area contributed by atoms with Crippen LogP contribution in [0.2, 0.25) is 0 Å². The fourth-order valence-electron chi connectivity index (χ4n) is 4.66. The molecule has 2 aliphatic rings. The zero-order valence-electron chi connectivity index (χ0n) is 18.7. The van der Waals surface area contributed by atoms with Gasteiger partial charge in [-0.2, -0.15) is 5.26 Å². The predicted octanol–water partition coefficient (Wildman–Crippen LogP) is 2.28. The number of benzene rings is 2. The highest BCUT2D eigenvalue weighted by Gasteiger charge is 2.48. The summed E-state index contributed by atoms with van der Waals surface area (Å²) in [6, 6.07) is 20.4. The molecule has 2 aromatic carbocycles. The minimum Gasteiger partial charge on any atom is -0.371 e. The Morgan fingerprint density at radius 2 is 1.88 bits per heavy atom. The largest absolute Gasteiger partial charge is 0.371 e. The number of rotatable bonds is 8. The van der Waals surface area contributed by atoms with Gasteiger partial charge in [0.15, 0.2) is 0 Å². The molecule has 0 amide bonds. The molecule has 170 valence electrons. The van der Waals surface area contributed by atoms with E-state index in [-0.39, 0.29) is 24.3 Å². The molecule has 0 spiro atoms. The van der Waals surface area contributed by atoms with E-state index in [1.54, 1.807) is 0 Å². The fourth-order valence-corrected chi connectivity index (χ4v) is 4.66. The number of hydrogen-bond acceptors (Lipinski definition) is 7. The van der Waals surface area contributed by atoms with E-state index in [9.17, 15) is 0 Å². The SMILES string of the molecule is CN(Cc1ccccc1)Cc1cn([C@H]2CO[C@H]3[C@@H]2OC[C@@H]3NCc2cccc(C#N)c2)nn1. The number of nitrogens with one attached hydrogen (secondary N) is 1. The molecule has 33 heavy (non-hydrogen) atoms. The van der Waals surface area contributed by atoms with Gasteiger partial charge in [-0.05, 0) is 30.3 Å². The Morgan fingerprint density at radius 3 is 2.73 bits per heavy atom. The molecule has 8 heteroatoms. The fraction of sp³-hybridized carbons (Fsp3) is 0.400. The summed E-state index contributed by atoms with van der Waals surface area (Å²) >= 11 is 0. The van der Waals surface area contributed by atoms with Crippen molar-refractivity contribution in [3.63, 3.8) is 0 Å². The number of fused-ring (bicyclic) bond motifs is 1. The summed E-state index contributed by atoms with van der Waals surface area (Å²) in [5, 5.41) is 21.4. The van der Waals surface area contributed by atoms with Crippen LogP contribution in [0.5, 0.6) is 0 Å². The standard InChI is InChI=1S/C25H28N6O2/c1-30(13-18-6-3-2-4-7-18)14-21-15-31(29-28-21)23-17-33-24-22(16-32-25(23)24)27-12-20-9-5-8-19(10-20)11-26/h2-10,15,22-25,27H,12-14,16-17H2,1H3/t22-,23-,24+,25+/m0/s1. The Morgan fingerprint density at radius 1 is 1.06 bits per heavy atom. The molecule has 0 aliphatic carbocycles. The van der Waals surface area contributed by atoms with Crippen LogP contribution in [0.15, 0.2) is 60.8 Å². The first kappa shape index (κ1) is 21.7. The summed E-state index contributed by atoms with van der Waals surface area (Å²) in [7, 11) is 2.09. The van der Waals surface area contributed by atoms with Crippen molar-refractivity contribution in [2.75, 3.05) is 20.3 Å². The van der Waals surface area contributed by atoms with Gasteiger partial charge in [0, 0.05) is 19.6 Å². The second kappa shape index (κ2) is 9.81. The van der Waals surface area contributed by atoms with Crippen LogP contribution in [0.3, 0.4) is 0 Å². The van der Waals surface area contributed by atoms with Gasteiger partial charge in [0.2, 0.25) is 0 Å². The second-order valence-corrected chi connectivity index (χ2v) is 8.81. The first-order valence-electron chi connectivity index (χ1n) is 11.3. The van der Waals surface area contributed by atoms with Crippen molar-refractivity contribution in [2.45, 2.75) is 43.9 Å². The average molecular weight is 445 g/mol. The van der Waals surface area contributed by atoms with Crippen molar-refractivity contribution in [3.8, 4) is 6.07 Å². The van der Waals surface area contributed by atoms with Crippen molar-refractivity contribution in [1.82, 2.24) is 25.2 Å². The maximum Gasteiger partial charge on any atom is 0.110 e. The molecule has 5 rings (SSSR count). The highest BCUT2D eigenvalue weighted by atomic mass is 16.6. The van der Waals surface area contributed by atoms with E-state index in [1.807, 2.05) is 41.2 Å². The molecular formula is C25H28N6O2. The quantitative estimate of drug-likeness (QED) is 0.570. The molecule has 3 heterocycles. The van der Waals surface area contributed by atoms with Gasteiger partial charge in [-0.25, -0.2) is 4.68 Å². The Balaban J connectivity index is 1.16. The Kier molecular flexibility index (Phi) is 6.46. The summed E-state index contributed by atoms with van der Waals surface area (Å²) in [6.07, 6.45) is 1.93. The van der Waals surface area contributed by atoms with Crippen molar-refractivity contribution < 1.29 is 9.47 Å². The van der Waals surface area contributed by atoms with Gasteiger partial charge < -0.3 is 14.8 Å². The number of nitrogens with zero attached hydrogens (tertiary/aromatic N) is 5. The third kappa shape index (κ3) is 4.97. The molecule has 1 N–H and O–H groups in total. The molecule has 2 aliphatic heterocycles. The van der Waals surface area contributed by atoms with Gasteiger partial charge in [0.25, 0.3) is 0 Å². The lowest BCUT2D eigenvalue weighted by molar-refractivity contribution is 0.0619. The predicted molar refractivity (Wildman–Crippen MR) is 122 cm³/mol. The van der Waals surface area contributed by atoms with Crippen LogP contribution in [0.25, 0.3) is 0 Å². The molecule has 0 unspecified atom stereocenters. The van der Waals surface area contributed by atoms with Crippen LogP contribution < -0.4 is 5.32 Å². The lowest BCUT2D eigenvalue weighted by Crippen LogP contribution is -2.40. The van der Waals surface area contributed by atoms with Crippen LogP contribution in [-0.4, -0.2) is 58.4 Å². The van der Waals surface area contributed by atoms with Crippen molar-refractivity contribution in [2.24, 2.45) is 0 Å². The lowest BCUT2D eigenvalue weighted by atomic mass is 10.1. The number of aromatic nitrogens is 3. The van der Waals surface area contributed by atoms with E-state index in [0.29, 0.717) is 25.3 Å². The van der Waals surface area contributed by atoms with Gasteiger partial charge in [-0.1, -0.05) is 47.7 Å². The summed E-state index contributed by atoms with van der Waals surface area (Å²) in [5.74, 6) is 0. The smallest absolute Gasteiger partial charge is 0.110 e. The first-order valence-corrected chi connectivity index (χ1v) is 11.3. The molecule has 0 saturated carbocycles. The van der Waals surface area contributed by atoms with Gasteiger partial charge in [-0.15, -0.1) is 5.10 Å². The average Bonchev–Trinajstić information content (AvgIpc) is 3.55. The number of hydrogen-bond donors (Lipinski definition) is 1. The zero-order chi connectivity index (χ0) is 22.6. The van der Waals surface area contributed by atoms with Gasteiger partial charge in [0.05, 0.1) is 42.8 Å². The minimum absolute atomic E-state index is 0.0180. The second-order valence-electron chi connectivity index (χ2n) is 8.81. The monoisotopic (exact) mass is 444 g/mol. The molecule has 3 aromatic rings. The third-order valence-corrected chi connectivity index (χ3v) is 6.28. The van der Waals surface area contributed by atoms with E-state index < -0.39 is 0 Å². The van der Waals surface area contributed by atoms with Crippen LogP contribution >= 0.6 is 0 Å². The van der Waals surface area contributed by atoms with E-state index in [2.05, 4.69) is 57.9 Å². The van der Waals surface area contributed by atoms with Crippen molar-refractivity contribution in [3.05, 3.63) is 83.2 Å². The van der Waals surface area contributed by atoms with Crippen LogP contribution in [0.1, 0.15) is 28.4 Å². The van der Waals surface area contributed by atoms with E-state index in [0.717, 1.165) is 24.3 Å². The van der Waals surface area contributed by atoms with Crippen molar-refractivity contribution in [1.29, 1.82) is 5.26 Å². The summed E-state index contributed by atoms with van der Waals surface area (Å²) in [6.45, 7) is 3.40. The van der Waals surface area contributed by atoms with E-state index in [1.165, 1.54) is 5.56 Å². The van der Waals surface area contributed by atoms with Gasteiger partial charge >= 0.3 is 0 Å². The molecular weight excluding hydrogens is 416 g/mol. The highest BCUT2D eigenvalue weighted by Crippen LogP contribution is 2.34. The van der Waals surface area contributed by atoms with Crippen molar-refractivity contribution >= 4 is 0 Å². The summed E-state index contributed by atoms with van der Waals surface area (Å²) in [4.78, 5) is 2.23. The molecule has 0 bridgehead atoms. The maximum atomic E-state index is 9.09. The molecule has 1 aromatic heterocycles. The highest BCUT2D eigenvalue weighted by molar-refractivity contribution is 5.32. The Labute approximate surface area is 193 Å². The molecule has 4 atom stereocenters. The molecule has 8 nitrogen and oxygen atoms in total. The Hall–Kier alpha value is -3.09. The van der Waals surface area contributed by atoms with Crippen LogP contribution in [0.4, 0.5) is 0 Å². The Bertz CT molecular complexity index is 1110. The number of ether oxygens (including phenoxy) is 2. The minimum atomic E-state index is -0.0514. The zero-order valence-corrected chi connectivity index (χ0v) is 18.7. The molecule has 0 radical (unpaired) electrons. The van der Waals surface area contributed by atoms with Gasteiger partial charge in [-0.3, -0.25) is 4.90 Å². The lowest BCUT2D eigenvalue weighted by Gasteiger charge is -2.18. The number of nitriles is 1. The molecule has 2 saturated heterocycles. The first-order chi connectivity index (χ1) is 16.2. The normalized spacial score (nSPS) is 24.2. The van der Waals surface area contributed by atoms with Gasteiger partial charge in [0.1, 0.15) is 18.2 Å². The summed E-state index contributed by atoms with van der Waals surface area (Å²) < 4.78 is 14.1. The van der Waals surface area contributed by atoms with E-state index >= 15 is 0 Å². The third-order valence-electron chi connectivity index (χ3n) is 6.28. The topological polar surface area (TPSA) is 88.2 Å².